The van der Waals surface area contributed by atoms with Gasteiger partial charge in [-0.1, -0.05) is 25.7 Å². The van der Waals surface area contributed by atoms with Crippen LogP contribution in [0.4, 0.5) is 0 Å². The lowest BCUT2D eigenvalue weighted by atomic mass is 10.0. The summed E-state index contributed by atoms with van der Waals surface area (Å²) in [7, 11) is 0. The molecule has 1 fully saturated rings. The van der Waals surface area contributed by atoms with Gasteiger partial charge in [-0.2, -0.15) is 0 Å². The summed E-state index contributed by atoms with van der Waals surface area (Å²) in [5, 5.41) is 11.2. The second-order valence-corrected chi connectivity index (χ2v) is 4.43. The van der Waals surface area contributed by atoms with Crippen LogP contribution in [-0.2, 0) is 9.59 Å². The number of hydrogen-bond acceptors (Lipinski definition) is 3. The van der Waals surface area contributed by atoms with Gasteiger partial charge in [0.15, 0.2) is 0 Å². The Balaban J connectivity index is 2.11. The van der Waals surface area contributed by atoms with Crippen LogP contribution < -0.4 is 11.1 Å². The number of nitrogens with one attached hydrogen (secondary N) is 1. The zero-order chi connectivity index (χ0) is 12.0. The van der Waals surface area contributed by atoms with Gasteiger partial charge in [-0.15, -0.1) is 0 Å². The van der Waals surface area contributed by atoms with Crippen LogP contribution in [0.25, 0.3) is 0 Å². The quantitative estimate of drug-likeness (QED) is 0.616. The van der Waals surface area contributed by atoms with Gasteiger partial charge in [-0.05, 0) is 12.3 Å². The van der Waals surface area contributed by atoms with Gasteiger partial charge < -0.3 is 16.2 Å². The molecule has 0 heterocycles. The lowest BCUT2D eigenvalue weighted by Crippen LogP contribution is -2.42. The van der Waals surface area contributed by atoms with Crippen molar-refractivity contribution >= 4 is 11.9 Å². The molecule has 1 saturated carbocycles. The Labute approximate surface area is 95.4 Å². The predicted molar refractivity (Wildman–Crippen MR) is 59.8 cm³/mol. The van der Waals surface area contributed by atoms with E-state index in [1.807, 2.05) is 0 Å². The average molecular weight is 228 g/mol. The van der Waals surface area contributed by atoms with Crippen molar-refractivity contribution in [2.24, 2.45) is 11.7 Å². The largest absolute Gasteiger partial charge is 0.481 e. The van der Waals surface area contributed by atoms with E-state index in [0.717, 1.165) is 12.3 Å². The normalized spacial score (nSPS) is 18.3. The fraction of sp³-hybridized carbons (Fsp3) is 0.818. The Morgan fingerprint density at radius 2 is 2.00 bits per heavy atom. The number of carboxylic acid groups (broad SMARTS) is 1. The maximum absolute atomic E-state index is 11.4. The summed E-state index contributed by atoms with van der Waals surface area (Å²) in [5.41, 5.74) is 5.42. The fourth-order valence-electron chi connectivity index (χ4n) is 2.11. The number of carboxylic acids is 1. The SMILES string of the molecule is NC(CC(=O)O)C(=O)NCCC1CCCC1. The highest BCUT2D eigenvalue weighted by molar-refractivity contribution is 5.85. The molecule has 1 aliphatic rings. The molecule has 1 atom stereocenters. The minimum absolute atomic E-state index is 0.310. The van der Waals surface area contributed by atoms with Gasteiger partial charge in [0.1, 0.15) is 0 Å². The first-order valence-corrected chi connectivity index (χ1v) is 5.84. The highest BCUT2D eigenvalue weighted by atomic mass is 16.4. The van der Waals surface area contributed by atoms with Crippen molar-refractivity contribution in [3.8, 4) is 0 Å². The van der Waals surface area contributed by atoms with Gasteiger partial charge >= 0.3 is 5.97 Å². The van der Waals surface area contributed by atoms with Crippen LogP contribution in [0.2, 0.25) is 0 Å². The van der Waals surface area contributed by atoms with Gasteiger partial charge in [-0.25, -0.2) is 0 Å². The van der Waals surface area contributed by atoms with E-state index in [9.17, 15) is 9.59 Å². The van der Waals surface area contributed by atoms with Gasteiger partial charge in [-0.3, -0.25) is 9.59 Å². The second kappa shape index (κ2) is 6.48. The van der Waals surface area contributed by atoms with E-state index < -0.39 is 12.0 Å². The molecular weight excluding hydrogens is 208 g/mol. The van der Waals surface area contributed by atoms with E-state index in [1.54, 1.807) is 0 Å². The number of carbonyl (C=O) groups is 2. The van der Waals surface area contributed by atoms with Crippen LogP contribution in [0.5, 0.6) is 0 Å². The summed E-state index contributed by atoms with van der Waals surface area (Å²) in [6, 6.07) is -0.930. The lowest BCUT2D eigenvalue weighted by Gasteiger charge is -2.12. The highest BCUT2D eigenvalue weighted by Crippen LogP contribution is 2.26. The minimum atomic E-state index is -1.04. The van der Waals surface area contributed by atoms with E-state index in [-0.39, 0.29) is 12.3 Å². The minimum Gasteiger partial charge on any atom is -0.481 e. The summed E-state index contributed by atoms with van der Waals surface area (Å²) >= 11 is 0. The predicted octanol–water partition coefficient (Wildman–Crippen LogP) is 0.485. The summed E-state index contributed by atoms with van der Waals surface area (Å²) in [4.78, 5) is 21.7. The number of nitrogens with two attached hydrogens (primary N) is 1. The Morgan fingerprint density at radius 3 is 2.56 bits per heavy atom. The van der Waals surface area contributed by atoms with Gasteiger partial charge in [0.2, 0.25) is 5.91 Å². The summed E-state index contributed by atoms with van der Waals surface area (Å²) in [5.74, 6) is -0.685. The molecule has 0 aromatic heterocycles. The number of amides is 1. The number of hydrogen-bond donors (Lipinski definition) is 3. The molecule has 16 heavy (non-hydrogen) atoms. The second-order valence-electron chi connectivity index (χ2n) is 4.43. The van der Waals surface area contributed by atoms with Crippen molar-refractivity contribution in [3.63, 3.8) is 0 Å². The Kier molecular flexibility index (Phi) is 5.25. The Bertz CT molecular complexity index is 250. The fourth-order valence-corrected chi connectivity index (χ4v) is 2.11. The van der Waals surface area contributed by atoms with Crippen LogP contribution in [0.1, 0.15) is 38.5 Å². The van der Waals surface area contributed by atoms with Crippen molar-refractivity contribution in [1.29, 1.82) is 0 Å². The maximum Gasteiger partial charge on any atom is 0.305 e. The van der Waals surface area contributed by atoms with Gasteiger partial charge in [0, 0.05) is 6.54 Å². The lowest BCUT2D eigenvalue weighted by molar-refractivity contribution is -0.139. The van der Waals surface area contributed by atoms with Crippen LogP contribution >= 0.6 is 0 Å². The first-order chi connectivity index (χ1) is 7.59. The highest BCUT2D eigenvalue weighted by Gasteiger charge is 2.18. The van der Waals surface area contributed by atoms with Crippen LogP contribution in [0.3, 0.4) is 0 Å². The number of carbonyl (C=O) groups excluding carboxylic acids is 1. The molecule has 0 aliphatic heterocycles. The standard InChI is InChI=1S/C11H20N2O3/c12-9(7-10(14)15)11(16)13-6-5-8-3-1-2-4-8/h8-9H,1-7,12H2,(H,13,16)(H,14,15). The Morgan fingerprint density at radius 1 is 1.38 bits per heavy atom. The molecule has 5 nitrogen and oxygen atoms in total. The summed E-state index contributed by atoms with van der Waals surface area (Å²) in [6.45, 7) is 0.608. The van der Waals surface area contributed by atoms with E-state index in [0.29, 0.717) is 6.54 Å². The molecular formula is C11H20N2O3. The van der Waals surface area contributed by atoms with E-state index in [4.69, 9.17) is 10.8 Å². The molecule has 1 aliphatic carbocycles. The van der Waals surface area contributed by atoms with E-state index in [2.05, 4.69) is 5.32 Å². The molecule has 4 N–H and O–H groups in total. The van der Waals surface area contributed by atoms with Crippen LogP contribution in [0, 0.1) is 5.92 Å². The number of aliphatic carboxylic acids is 1. The van der Waals surface area contributed by atoms with Gasteiger partial charge in [0.05, 0.1) is 12.5 Å². The number of rotatable bonds is 6. The van der Waals surface area contributed by atoms with Crippen molar-refractivity contribution in [2.75, 3.05) is 6.54 Å². The smallest absolute Gasteiger partial charge is 0.305 e. The van der Waals surface area contributed by atoms with E-state index >= 15 is 0 Å². The third-order valence-electron chi connectivity index (χ3n) is 3.06. The first kappa shape index (κ1) is 13.0. The Hall–Kier alpha value is -1.10. The molecule has 1 unspecified atom stereocenters. The van der Waals surface area contributed by atoms with Crippen LogP contribution in [-0.4, -0.2) is 29.6 Å². The molecule has 0 aromatic rings. The molecule has 5 heteroatoms. The van der Waals surface area contributed by atoms with Crippen LogP contribution in [0.15, 0.2) is 0 Å². The summed E-state index contributed by atoms with van der Waals surface area (Å²) in [6.07, 6.45) is 5.74. The van der Waals surface area contributed by atoms with Crippen molar-refractivity contribution < 1.29 is 14.7 Å². The van der Waals surface area contributed by atoms with Crippen molar-refractivity contribution in [2.45, 2.75) is 44.6 Å². The average Bonchev–Trinajstić information content (AvgIpc) is 2.69. The monoisotopic (exact) mass is 228 g/mol. The molecule has 0 bridgehead atoms. The third kappa shape index (κ3) is 4.61. The van der Waals surface area contributed by atoms with Gasteiger partial charge in [0.25, 0.3) is 0 Å². The zero-order valence-corrected chi connectivity index (χ0v) is 9.45. The summed E-state index contributed by atoms with van der Waals surface area (Å²) < 4.78 is 0. The van der Waals surface area contributed by atoms with Crippen molar-refractivity contribution in [3.05, 3.63) is 0 Å². The molecule has 1 amide bonds. The topological polar surface area (TPSA) is 92.4 Å². The molecule has 0 spiro atoms. The first-order valence-electron chi connectivity index (χ1n) is 5.84. The molecule has 92 valence electrons. The zero-order valence-electron chi connectivity index (χ0n) is 9.45. The molecule has 1 rings (SSSR count). The molecule has 0 aromatic carbocycles. The van der Waals surface area contributed by atoms with Crippen molar-refractivity contribution in [1.82, 2.24) is 5.32 Å². The maximum atomic E-state index is 11.4. The van der Waals surface area contributed by atoms with E-state index in [1.165, 1.54) is 25.7 Å². The molecule has 0 radical (unpaired) electrons. The molecule has 0 saturated heterocycles. The third-order valence-corrected chi connectivity index (χ3v) is 3.06.